The molecule has 0 bridgehead atoms. The highest BCUT2D eigenvalue weighted by Gasteiger charge is 2.09. The summed E-state index contributed by atoms with van der Waals surface area (Å²) >= 11 is 5.84. The fourth-order valence-electron chi connectivity index (χ4n) is 1.01. The van der Waals surface area contributed by atoms with E-state index in [0.717, 1.165) is 5.56 Å². The van der Waals surface area contributed by atoms with Gasteiger partial charge in [0.05, 0.1) is 12.4 Å². The molecule has 0 aliphatic rings. The predicted molar refractivity (Wildman–Crippen MR) is 60.7 cm³/mol. The molecule has 1 rings (SSSR count). The van der Waals surface area contributed by atoms with Gasteiger partial charge in [0.25, 0.3) is 0 Å². The Bertz CT molecular complexity index is 445. The van der Waals surface area contributed by atoms with Gasteiger partial charge in [0.15, 0.2) is 0 Å². The van der Waals surface area contributed by atoms with E-state index in [0.29, 0.717) is 10.7 Å². The molecule has 0 unspecified atom stereocenters. The summed E-state index contributed by atoms with van der Waals surface area (Å²) in [6.07, 6.45) is 0. The number of anilines is 1. The fraction of sp³-hybridized carbons (Fsp3) is 0.333. The van der Waals surface area contributed by atoms with Crippen molar-refractivity contribution in [2.24, 2.45) is 0 Å². The van der Waals surface area contributed by atoms with Crippen molar-refractivity contribution in [3.05, 3.63) is 28.8 Å². The van der Waals surface area contributed by atoms with Gasteiger partial charge in [-0.2, -0.15) is 0 Å². The topological polar surface area (TPSA) is 66.4 Å². The molecule has 0 atom stereocenters. The second-order valence-corrected chi connectivity index (χ2v) is 5.36. The third-order valence-corrected chi connectivity index (χ3v) is 3.48. The molecule has 0 aromatic heterocycles. The summed E-state index contributed by atoms with van der Waals surface area (Å²) in [6.45, 7) is 1.42. The van der Waals surface area contributed by atoms with Crippen LogP contribution in [0.2, 0.25) is 5.02 Å². The van der Waals surface area contributed by atoms with Crippen molar-refractivity contribution < 1.29 is 13.5 Å². The molecule has 0 heterocycles. The Morgan fingerprint density at radius 2 is 2.13 bits per heavy atom. The normalized spacial score (nSPS) is 11.4. The van der Waals surface area contributed by atoms with Crippen LogP contribution in [0.5, 0.6) is 0 Å². The summed E-state index contributed by atoms with van der Waals surface area (Å²) in [4.78, 5) is 0. The summed E-state index contributed by atoms with van der Waals surface area (Å²) in [5.41, 5.74) is 1.28. The first-order valence-corrected chi connectivity index (χ1v) is 6.35. The highest BCUT2D eigenvalue weighted by Crippen LogP contribution is 2.20. The third kappa shape index (κ3) is 3.70. The molecule has 1 aromatic rings. The van der Waals surface area contributed by atoms with E-state index in [1.807, 2.05) is 6.92 Å². The second-order valence-electron chi connectivity index (χ2n) is 3.11. The predicted octanol–water partition coefficient (Wildman–Crippen LogP) is 1.38. The molecule has 84 valence electrons. The number of aliphatic hydroxyl groups is 1. The van der Waals surface area contributed by atoms with Crippen LogP contribution in [0.15, 0.2) is 18.2 Å². The van der Waals surface area contributed by atoms with Crippen LogP contribution in [-0.2, 0) is 10.0 Å². The first-order valence-electron chi connectivity index (χ1n) is 4.32. The molecule has 0 saturated heterocycles. The van der Waals surface area contributed by atoms with Gasteiger partial charge in [-0.15, -0.1) is 0 Å². The lowest BCUT2D eigenvalue weighted by Gasteiger charge is -2.07. The summed E-state index contributed by atoms with van der Waals surface area (Å²) < 4.78 is 24.9. The van der Waals surface area contributed by atoms with Crippen molar-refractivity contribution in [3.63, 3.8) is 0 Å². The van der Waals surface area contributed by atoms with Crippen molar-refractivity contribution >= 4 is 27.3 Å². The van der Waals surface area contributed by atoms with Crippen LogP contribution in [0.4, 0.5) is 5.69 Å². The summed E-state index contributed by atoms with van der Waals surface area (Å²) in [5.74, 6) is -0.321. The Morgan fingerprint density at radius 3 is 2.67 bits per heavy atom. The summed E-state index contributed by atoms with van der Waals surface area (Å²) in [6, 6.07) is 4.88. The van der Waals surface area contributed by atoms with Crippen LogP contribution >= 0.6 is 11.6 Å². The lowest BCUT2D eigenvalue weighted by Crippen LogP contribution is -2.18. The SMILES string of the molecule is Cc1ccc(NS(=O)(=O)CCO)cc1Cl. The van der Waals surface area contributed by atoms with E-state index in [9.17, 15) is 8.42 Å². The molecule has 4 nitrogen and oxygen atoms in total. The van der Waals surface area contributed by atoms with E-state index in [1.54, 1.807) is 12.1 Å². The van der Waals surface area contributed by atoms with Gasteiger partial charge in [0.2, 0.25) is 10.0 Å². The van der Waals surface area contributed by atoms with Gasteiger partial charge in [-0.3, -0.25) is 4.72 Å². The average Bonchev–Trinajstić information content (AvgIpc) is 2.10. The largest absolute Gasteiger partial charge is 0.395 e. The number of sulfonamides is 1. The minimum atomic E-state index is -3.47. The van der Waals surface area contributed by atoms with Gasteiger partial charge in [0.1, 0.15) is 0 Å². The van der Waals surface area contributed by atoms with Crippen molar-refractivity contribution in [2.75, 3.05) is 17.1 Å². The van der Waals surface area contributed by atoms with Crippen LogP contribution in [0.3, 0.4) is 0 Å². The van der Waals surface area contributed by atoms with Gasteiger partial charge >= 0.3 is 0 Å². The van der Waals surface area contributed by atoms with Gasteiger partial charge in [-0.1, -0.05) is 17.7 Å². The lowest BCUT2D eigenvalue weighted by atomic mass is 10.2. The van der Waals surface area contributed by atoms with Crippen LogP contribution in [0, 0.1) is 6.92 Å². The molecule has 0 spiro atoms. The smallest absolute Gasteiger partial charge is 0.234 e. The lowest BCUT2D eigenvalue weighted by molar-refractivity contribution is 0.320. The molecule has 0 saturated carbocycles. The van der Waals surface area contributed by atoms with Crippen molar-refractivity contribution in [2.45, 2.75) is 6.92 Å². The zero-order chi connectivity index (χ0) is 11.5. The van der Waals surface area contributed by atoms with Gasteiger partial charge < -0.3 is 5.11 Å². The minimum Gasteiger partial charge on any atom is -0.395 e. The maximum absolute atomic E-state index is 11.3. The van der Waals surface area contributed by atoms with Crippen molar-refractivity contribution in [1.29, 1.82) is 0 Å². The molecule has 0 fully saturated rings. The average molecular weight is 250 g/mol. The first kappa shape index (κ1) is 12.3. The van der Waals surface area contributed by atoms with E-state index < -0.39 is 16.6 Å². The van der Waals surface area contributed by atoms with Gasteiger partial charge in [-0.25, -0.2) is 8.42 Å². The van der Waals surface area contributed by atoms with E-state index in [4.69, 9.17) is 16.7 Å². The number of rotatable bonds is 4. The van der Waals surface area contributed by atoms with E-state index in [1.165, 1.54) is 6.07 Å². The Balaban J connectivity index is 2.86. The third-order valence-electron chi connectivity index (χ3n) is 1.81. The number of hydrogen-bond acceptors (Lipinski definition) is 3. The number of nitrogens with one attached hydrogen (secondary N) is 1. The summed E-state index contributed by atoms with van der Waals surface area (Å²) in [5, 5.41) is 9.03. The molecule has 15 heavy (non-hydrogen) atoms. The van der Waals surface area contributed by atoms with Crippen LogP contribution in [0.25, 0.3) is 0 Å². The molecule has 0 radical (unpaired) electrons. The van der Waals surface area contributed by atoms with Crippen molar-refractivity contribution in [1.82, 2.24) is 0 Å². The maximum Gasteiger partial charge on any atom is 0.234 e. The molecule has 6 heteroatoms. The molecule has 0 aliphatic heterocycles. The van der Waals surface area contributed by atoms with Crippen LogP contribution < -0.4 is 4.72 Å². The molecule has 2 N–H and O–H groups in total. The van der Waals surface area contributed by atoms with Gasteiger partial charge in [-0.05, 0) is 24.6 Å². The zero-order valence-electron chi connectivity index (χ0n) is 8.20. The Kier molecular flexibility index (Phi) is 3.96. The molecule has 0 amide bonds. The van der Waals surface area contributed by atoms with Crippen LogP contribution in [-0.4, -0.2) is 25.9 Å². The van der Waals surface area contributed by atoms with Gasteiger partial charge in [0, 0.05) is 10.7 Å². The van der Waals surface area contributed by atoms with Crippen LogP contribution in [0.1, 0.15) is 5.56 Å². The molecular formula is C9H12ClNO3S. The first-order chi connectivity index (χ1) is 6.94. The molecular weight excluding hydrogens is 238 g/mol. The highest BCUT2D eigenvalue weighted by atomic mass is 35.5. The Morgan fingerprint density at radius 1 is 1.47 bits per heavy atom. The molecule has 0 aliphatic carbocycles. The number of halogens is 1. The van der Waals surface area contributed by atoms with E-state index >= 15 is 0 Å². The fourth-order valence-corrected chi connectivity index (χ4v) is 2.02. The maximum atomic E-state index is 11.3. The minimum absolute atomic E-state index is 0.321. The Hall–Kier alpha value is -0.780. The second kappa shape index (κ2) is 4.83. The standard InChI is InChI=1S/C9H12ClNO3S/c1-7-2-3-8(6-9(7)10)11-15(13,14)5-4-12/h2-3,6,11-12H,4-5H2,1H3. The number of hydrogen-bond donors (Lipinski definition) is 2. The summed E-state index contributed by atoms with van der Waals surface area (Å²) in [7, 11) is -3.47. The van der Waals surface area contributed by atoms with E-state index in [2.05, 4.69) is 4.72 Å². The van der Waals surface area contributed by atoms with E-state index in [-0.39, 0.29) is 5.75 Å². The molecule has 1 aromatic carbocycles. The zero-order valence-corrected chi connectivity index (χ0v) is 9.77. The monoisotopic (exact) mass is 249 g/mol. The number of aliphatic hydroxyl groups excluding tert-OH is 1. The number of aryl methyl sites for hydroxylation is 1. The number of benzene rings is 1. The highest BCUT2D eigenvalue weighted by molar-refractivity contribution is 7.92. The quantitative estimate of drug-likeness (QED) is 0.847. The van der Waals surface area contributed by atoms with Crippen molar-refractivity contribution in [3.8, 4) is 0 Å². The Labute approximate surface area is 93.9 Å².